The third kappa shape index (κ3) is 15.4. The van der Waals surface area contributed by atoms with E-state index in [1.165, 1.54) is 77.0 Å². The molecule has 0 unspecified atom stereocenters. The Morgan fingerprint density at radius 2 is 1.20 bits per heavy atom. The fourth-order valence-electron chi connectivity index (χ4n) is 2.37. The SMILES string of the molecule is CCCCCCCCCCCCCCN/C=C(\N)CC. The van der Waals surface area contributed by atoms with Crippen molar-refractivity contribution in [2.24, 2.45) is 5.73 Å². The lowest BCUT2D eigenvalue weighted by Gasteiger charge is -2.04. The van der Waals surface area contributed by atoms with Gasteiger partial charge in [-0.1, -0.05) is 84.5 Å². The standard InChI is InChI=1S/C18H38N2/c1-3-5-6-7-8-9-10-11-12-13-14-15-16-20-17-18(19)4-2/h17,20H,3-16,19H2,1-2H3/b18-17-. The molecule has 0 fully saturated rings. The fourth-order valence-corrected chi connectivity index (χ4v) is 2.37. The van der Waals surface area contributed by atoms with Crippen LogP contribution in [0.3, 0.4) is 0 Å². The van der Waals surface area contributed by atoms with Crippen molar-refractivity contribution in [3.8, 4) is 0 Å². The minimum absolute atomic E-state index is 0.936. The van der Waals surface area contributed by atoms with Crippen molar-refractivity contribution in [3.05, 3.63) is 11.9 Å². The Kier molecular flexibility index (Phi) is 15.9. The van der Waals surface area contributed by atoms with Crippen molar-refractivity contribution >= 4 is 0 Å². The first-order chi connectivity index (χ1) is 9.81. The van der Waals surface area contributed by atoms with Gasteiger partial charge in [0.25, 0.3) is 0 Å². The summed E-state index contributed by atoms with van der Waals surface area (Å²) in [4.78, 5) is 0. The van der Waals surface area contributed by atoms with Crippen LogP contribution in [0.25, 0.3) is 0 Å². The van der Waals surface area contributed by atoms with E-state index in [-0.39, 0.29) is 0 Å². The van der Waals surface area contributed by atoms with Gasteiger partial charge in [0, 0.05) is 18.4 Å². The molecular weight excluding hydrogens is 244 g/mol. The number of rotatable bonds is 15. The number of allylic oxidation sites excluding steroid dienone is 1. The van der Waals surface area contributed by atoms with E-state index in [1.54, 1.807) is 0 Å². The van der Waals surface area contributed by atoms with Gasteiger partial charge in [-0.2, -0.15) is 0 Å². The van der Waals surface area contributed by atoms with E-state index in [4.69, 9.17) is 5.73 Å². The molecule has 0 radical (unpaired) electrons. The molecule has 0 aliphatic rings. The van der Waals surface area contributed by atoms with E-state index in [2.05, 4.69) is 19.2 Å². The maximum Gasteiger partial charge on any atom is 0.0237 e. The van der Waals surface area contributed by atoms with Crippen molar-refractivity contribution < 1.29 is 0 Å². The third-order valence-corrected chi connectivity index (χ3v) is 3.87. The van der Waals surface area contributed by atoms with Gasteiger partial charge in [0.1, 0.15) is 0 Å². The second kappa shape index (κ2) is 16.4. The minimum atomic E-state index is 0.936. The predicted molar refractivity (Wildman–Crippen MR) is 91.6 cm³/mol. The zero-order chi connectivity index (χ0) is 14.9. The van der Waals surface area contributed by atoms with Gasteiger partial charge in [-0.05, 0) is 12.8 Å². The van der Waals surface area contributed by atoms with Crippen LogP contribution in [0.1, 0.15) is 97.3 Å². The summed E-state index contributed by atoms with van der Waals surface area (Å²) in [6.45, 7) is 5.43. The van der Waals surface area contributed by atoms with Crippen molar-refractivity contribution in [2.75, 3.05) is 6.54 Å². The van der Waals surface area contributed by atoms with Crippen LogP contribution in [0.4, 0.5) is 0 Å². The van der Waals surface area contributed by atoms with E-state index in [0.29, 0.717) is 0 Å². The van der Waals surface area contributed by atoms with Crippen LogP contribution >= 0.6 is 0 Å². The van der Waals surface area contributed by atoms with Crippen molar-refractivity contribution in [2.45, 2.75) is 97.3 Å². The summed E-state index contributed by atoms with van der Waals surface area (Å²) in [5.74, 6) is 0. The van der Waals surface area contributed by atoms with Crippen molar-refractivity contribution in [1.29, 1.82) is 0 Å². The molecule has 0 aliphatic heterocycles. The maximum atomic E-state index is 5.72. The molecular formula is C18H38N2. The Labute approximate surface area is 127 Å². The average molecular weight is 283 g/mol. The van der Waals surface area contributed by atoms with Gasteiger partial charge in [0.2, 0.25) is 0 Å². The summed E-state index contributed by atoms with van der Waals surface area (Å²) >= 11 is 0. The summed E-state index contributed by atoms with van der Waals surface area (Å²) in [5.41, 5.74) is 6.67. The molecule has 120 valence electrons. The molecule has 0 spiro atoms. The van der Waals surface area contributed by atoms with Gasteiger partial charge in [-0.15, -0.1) is 0 Å². The molecule has 0 atom stereocenters. The molecule has 0 saturated heterocycles. The normalized spacial score (nSPS) is 11.8. The van der Waals surface area contributed by atoms with Gasteiger partial charge in [0.15, 0.2) is 0 Å². The molecule has 0 heterocycles. The van der Waals surface area contributed by atoms with Gasteiger partial charge in [0.05, 0.1) is 0 Å². The smallest absolute Gasteiger partial charge is 0.0237 e. The molecule has 0 saturated carbocycles. The highest BCUT2D eigenvalue weighted by Gasteiger charge is 1.93. The van der Waals surface area contributed by atoms with E-state index >= 15 is 0 Å². The fraction of sp³-hybridized carbons (Fsp3) is 0.889. The summed E-state index contributed by atoms with van der Waals surface area (Å²) in [6, 6.07) is 0. The summed E-state index contributed by atoms with van der Waals surface area (Å²) in [7, 11) is 0. The number of nitrogens with one attached hydrogen (secondary N) is 1. The molecule has 0 rings (SSSR count). The molecule has 2 heteroatoms. The lowest BCUT2D eigenvalue weighted by Crippen LogP contribution is -2.10. The Hall–Kier alpha value is -0.660. The summed E-state index contributed by atoms with van der Waals surface area (Å²) in [6.07, 6.45) is 19.8. The maximum absolute atomic E-state index is 5.72. The van der Waals surface area contributed by atoms with Crippen LogP contribution in [0.15, 0.2) is 11.9 Å². The number of nitrogens with two attached hydrogens (primary N) is 1. The molecule has 20 heavy (non-hydrogen) atoms. The lowest BCUT2D eigenvalue weighted by molar-refractivity contribution is 0.542. The molecule has 2 nitrogen and oxygen atoms in total. The first kappa shape index (κ1) is 19.3. The van der Waals surface area contributed by atoms with Crippen LogP contribution < -0.4 is 11.1 Å². The molecule has 0 aliphatic carbocycles. The second-order valence-corrected chi connectivity index (χ2v) is 5.92. The zero-order valence-corrected chi connectivity index (χ0v) is 14.1. The van der Waals surface area contributed by atoms with E-state index in [1.807, 2.05) is 6.20 Å². The van der Waals surface area contributed by atoms with Crippen molar-refractivity contribution in [1.82, 2.24) is 5.32 Å². The van der Waals surface area contributed by atoms with Gasteiger partial charge >= 0.3 is 0 Å². The van der Waals surface area contributed by atoms with Crippen molar-refractivity contribution in [3.63, 3.8) is 0 Å². The molecule has 0 aromatic heterocycles. The molecule has 0 aromatic carbocycles. The Balaban J connectivity index is 3.03. The first-order valence-electron chi connectivity index (χ1n) is 8.99. The third-order valence-electron chi connectivity index (χ3n) is 3.87. The van der Waals surface area contributed by atoms with E-state index in [9.17, 15) is 0 Å². The molecule has 0 aromatic rings. The number of hydrogen-bond acceptors (Lipinski definition) is 2. The number of hydrogen-bond donors (Lipinski definition) is 2. The van der Waals surface area contributed by atoms with Gasteiger partial charge in [-0.3, -0.25) is 0 Å². The monoisotopic (exact) mass is 282 g/mol. The van der Waals surface area contributed by atoms with Crippen LogP contribution in [-0.2, 0) is 0 Å². The summed E-state index contributed by atoms with van der Waals surface area (Å²) < 4.78 is 0. The predicted octanol–water partition coefficient (Wildman–Crippen LogP) is 5.49. The molecule has 0 amide bonds. The second-order valence-electron chi connectivity index (χ2n) is 5.92. The Morgan fingerprint density at radius 3 is 1.65 bits per heavy atom. The highest BCUT2D eigenvalue weighted by Crippen LogP contribution is 2.11. The Bertz CT molecular complexity index is 211. The lowest BCUT2D eigenvalue weighted by atomic mass is 10.1. The highest BCUT2D eigenvalue weighted by molar-refractivity contribution is 4.92. The average Bonchev–Trinajstić information content (AvgIpc) is 2.47. The van der Waals surface area contributed by atoms with Crippen LogP contribution in [0, 0.1) is 0 Å². The topological polar surface area (TPSA) is 38.0 Å². The van der Waals surface area contributed by atoms with Crippen LogP contribution in [-0.4, -0.2) is 6.54 Å². The van der Waals surface area contributed by atoms with Gasteiger partial charge in [-0.25, -0.2) is 0 Å². The number of unbranched alkanes of at least 4 members (excludes halogenated alkanes) is 11. The highest BCUT2D eigenvalue weighted by atomic mass is 14.8. The minimum Gasteiger partial charge on any atom is -0.401 e. The van der Waals surface area contributed by atoms with Gasteiger partial charge < -0.3 is 11.1 Å². The largest absolute Gasteiger partial charge is 0.401 e. The van der Waals surface area contributed by atoms with E-state index in [0.717, 1.165) is 18.7 Å². The zero-order valence-electron chi connectivity index (χ0n) is 14.1. The molecule has 0 bridgehead atoms. The quantitative estimate of drug-likeness (QED) is 0.390. The Morgan fingerprint density at radius 1 is 0.750 bits per heavy atom. The summed E-state index contributed by atoms with van der Waals surface area (Å²) in [5, 5.41) is 3.28. The molecule has 3 N–H and O–H groups in total. The first-order valence-corrected chi connectivity index (χ1v) is 8.99. The van der Waals surface area contributed by atoms with Crippen LogP contribution in [0.2, 0.25) is 0 Å². The van der Waals surface area contributed by atoms with Crippen LogP contribution in [0.5, 0.6) is 0 Å². The van der Waals surface area contributed by atoms with E-state index < -0.39 is 0 Å².